The second-order valence-corrected chi connectivity index (χ2v) is 11.3. The quantitative estimate of drug-likeness (QED) is 0.0806. The molecule has 0 aliphatic carbocycles. The number of hydrogen-bond acceptors (Lipinski definition) is 6. The Morgan fingerprint density at radius 2 is 0.676 bits per heavy atom. The Morgan fingerprint density at radius 1 is 0.471 bits per heavy atom. The number of hydrogen-bond donors (Lipinski definition) is 0. The molecule has 200 valence electrons. The van der Waals surface area contributed by atoms with Crippen molar-refractivity contribution >= 4 is 112 Å². The van der Waals surface area contributed by atoms with Crippen LogP contribution in [0.2, 0.25) is 0 Å². The van der Waals surface area contributed by atoms with Gasteiger partial charge in [0.15, 0.2) is 0 Å². The smallest absolute Gasteiger partial charge is 0.411 e. The van der Waals surface area contributed by atoms with Crippen molar-refractivity contribution in [2.75, 3.05) is 40.8 Å². The average Bonchev–Trinajstić information content (AvgIpc) is 2.77. The van der Waals surface area contributed by atoms with Crippen LogP contribution < -0.4 is 0 Å². The summed E-state index contributed by atoms with van der Waals surface area (Å²) in [4.78, 5) is 5.88. The fraction of sp³-hybridized carbons (Fsp3) is 0.875. The molecular formula is C24H48N3S6Sb. The third-order valence-electron chi connectivity index (χ3n) is 4.98. The van der Waals surface area contributed by atoms with Crippen molar-refractivity contribution in [3.05, 3.63) is 0 Å². The van der Waals surface area contributed by atoms with E-state index in [4.69, 9.17) is 74.5 Å². The first kappa shape index (κ1) is 42.2. The van der Waals surface area contributed by atoms with Gasteiger partial charge < -0.3 is 89.2 Å². The summed E-state index contributed by atoms with van der Waals surface area (Å²) in [5, 5.41) is 0. The summed E-state index contributed by atoms with van der Waals surface area (Å²) in [5.74, 6) is 0. The van der Waals surface area contributed by atoms with Crippen LogP contribution in [-0.4, -0.2) is 92.9 Å². The molecule has 10 heteroatoms. The van der Waals surface area contributed by atoms with Crippen molar-refractivity contribution in [2.24, 2.45) is 0 Å². The Balaban J connectivity index is -0.000000196. The fourth-order valence-corrected chi connectivity index (χ4v) is 3.15. The van der Waals surface area contributed by atoms with E-state index >= 15 is 0 Å². The average molecular weight is 693 g/mol. The summed E-state index contributed by atoms with van der Waals surface area (Å²) in [6.45, 7) is 9.68. The van der Waals surface area contributed by atoms with Crippen LogP contribution >= 0.6 is 36.7 Å². The zero-order valence-corrected chi connectivity index (χ0v) is 29.8. The number of rotatable bonds is 15. The topological polar surface area (TPSA) is 9.72 Å². The Morgan fingerprint density at radius 3 is 0.824 bits per heavy atom. The van der Waals surface area contributed by atoms with Gasteiger partial charge in [0.1, 0.15) is 0 Å². The molecule has 0 aromatic rings. The summed E-state index contributed by atoms with van der Waals surface area (Å²) in [7, 11) is 5.88. The molecule has 0 atom stereocenters. The molecule has 0 rings (SSSR count). The van der Waals surface area contributed by atoms with Gasteiger partial charge in [-0.05, 0) is 19.3 Å². The molecule has 0 saturated carbocycles. The molecule has 0 N–H and O–H groups in total. The first-order valence-electron chi connectivity index (χ1n) is 12.3. The van der Waals surface area contributed by atoms with Crippen LogP contribution in [0.15, 0.2) is 0 Å². The predicted octanol–water partition coefficient (Wildman–Crippen LogP) is 6.61. The first-order chi connectivity index (χ1) is 15.5. The second kappa shape index (κ2) is 32.2. The van der Waals surface area contributed by atoms with Crippen molar-refractivity contribution in [1.82, 2.24) is 14.7 Å². The van der Waals surface area contributed by atoms with Crippen LogP contribution in [0.1, 0.15) is 97.8 Å². The predicted molar refractivity (Wildman–Crippen MR) is 176 cm³/mol. The molecule has 0 aromatic heterocycles. The van der Waals surface area contributed by atoms with E-state index in [0.717, 1.165) is 19.6 Å². The second-order valence-electron chi connectivity index (χ2n) is 8.24. The summed E-state index contributed by atoms with van der Waals surface area (Å²) < 4.78 is 1.75. The first-order valence-corrected chi connectivity index (χ1v) is 14.8. The SMILES string of the molecule is CCCCCCN(C)C(=S)[S-].CCCCCCN(C)C(=S)[S-].CCCCCCN(C)C(=S)[S-].[Sb+3]. The Kier molecular flexibility index (Phi) is 40.0. The van der Waals surface area contributed by atoms with Gasteiger partial charge in [0.25, 0.3) is 0 Å². The molecule has 0 spiro atoms. The van der Waals surface area contributed by atoms with E-state index in [1.807, 2.05) is 35.8 Å². The van der Waals surface area contributed by atoms with Crippen LogP contribution in [0.4, 0.5) is 0 Å². The third-order valence-corrected chi connectivity index (χ3v) is 6.85. The molecule has 0 saturated heterocycles. The van der Waals surface area contributed by atoms with E-state index < -0.39 is 0 Å². The summed E-state index contributed by atoms with van der Waals surface area (Å²) in [5.41, 5.74) is 0. The van der Waals surface area contributed by atoms with Crippen molar-refractivity contribution in [3.63, 3.8) is 0 Å². The van der Waals surface area contributed by atoms with E-state index in [-0.39, 0.29) is 24.4 Å². The zero-order chi connectivity index (χ0) is 26.1. The Labute approximate surface area is 263 Å². The van der Waals surface area contributed by atoms with Gasteiger partial charge in [-0.1, -0.05) is 91.5 Å². The monoisotopic (exact) mass is 691 g/mol. The minimum absolute atomic E-state index is 0. The normalized spacial score (nSPS) is 9.35. The van der Waals surface area contributed by atoms with E-state index in [1.165, 1.54) is 77.0 Å². The maximum Gasteiger partial charge on any atom is 3.00 e. The minimum Gasteiger partial charge on any atom is -0.411 e. The van der Waals surface area contributed by atoms with E-state index in [2.05, 4.69) is 20.8 Å². The van der Waals surface area contributed by atoms with Crippen molar-refractivity contribution in [1.29, 1.82) is 0 Å². The van der Waals surface area contributed by atoms with Crippen molar-refractivity contribution in [3.8, 4) is 0 Å². The summed E-state index contributed by atoms with van der Waals surface area (Å²) in [6.07, 6.45) is 15.3. The molecule has 0 bridgehead atoms. The van der Waals surface area contributed by atoms with E-state index in [1.54, 1.807) is 0 Å². The molecular weight excluding hydrogens is 644 g/mol. The molecule has 0 aliphatic rings. The minimum atomic E-state index is 0. The molecule has 34 heavy (non-hydrogen) atoms. The van der Waals surface area contributed by atoms with Gasteiger partial charge in [0.05, 0.1) is 0 Å². The molecule has 0 unspecified atom stereocenters. The van der Waals surface area contributed by atoms with Gasteiger partial charge in [-0.2, -0.15) is 0 Å². The van der Waals surface area contributed by atoms with Crippen LogP contribution in [0.25, 0.3) is 0 Å². The summed E-state index contributed by atoms with van der Waals surface area (Å²) in [6, 6.07) is 0. The van der Waals surface area contributed by atoms with Crippen LogP contribution in [0, 0.1) is 0 Å². The maximum atomic E-state index is 4.84. The Hall–Kier alpha value is 1.15. The van der Waals surface area contributed by atoms with Gasteiger partial charge in [-0.25, -0.2) is 0 Å². The number of nitrogens with zero attached hydrogens (tertiary/aromatic N) is 3. The molecule has 2 radical (unpaired) electrons. The van der Waals surface area contributed by atoms with Gasteiger partial charge in [-0.3, -0.25) is 0 Å². The zero-order valence-electron chi connectivity index (χ0n) is 22.3. The fourth-order valence-electron chi connectivity index (χ4n) is 2.60. The van der Waals surface area contributed by atoms with Gasteiger partial charge in [0, 0.05) is 40.8 Å². The Bertz CT molecular complexity index is 417. The van der Waals surface area contributed by atoms with E-state index in [0.29, 0.717) is 13.0 Å². The molecule has 0 aliphatic heterocycles. The van der Waals surface area contributed by atoms with Crippen LogP contribution in [0.3, 0.4) is 0 Å². The van der Waals surface area contributed by atoms with Crippen LogP contribution in [-0.2, 0) is 37.9 Å². The maximum absolute atomic E-state index is 4.84. The molecule has 3 nitrogen and oxygen atoms in total. The van der Waals surface area contributed by atoms with Gasteiger partial charge in [-0.15, -0.1) is 0 Å². The standard InChI is InChI=1S/3C8H17NS2.Sb/c3*1-3-4-5-6-7-9(2)8(10)11;/h3*3-7H2,1-2H3,(H,10,11);/q;;;+3/p-3. The molecule has 0 fully saturated rings. The van der Waals surface area contributed by atoms with Gasteiger partial charge >= 0.3 is 24.4 Å². The van der Waals surface area contributed by atoms with Crippen molar-refractivity contribution in [2.45, 2.75) is 97.8 Å². The molecule has 0 heterocycles. The molecule has 0 aromatic carbocycles. The molecule has 0 amide bonds. The van der Waals surface area contributed by atoms with Gasteiger partial charge in [0.2, 0.25) is 0 Å². The largest absolute Gasteiger partial charge is 3.00 e. The number of thiocarbonyl (C=S) groups is 3. The number of unbranched alkanes of at least 4 members (excludes halogenated alkanes) is 9. The van der Waals surface area contributed by atoms with Crippen molar-refractivity contribution < 1.29 is 0 Å². The summed E-state index contributed by atoms with van der Waals surface area (Å²) >= 11 is 29.0. The third kappa shape index (κ3) is 35.3. The van der Waals surface area contributed by atoms with E-state index in [9.17, 15) is 0 Å². The van der Waals surface area contributed by atoms with Crippen LogP contribution in [0.5, 0.6) is 0 Å².